The summed E-state index contributed by atoms with van der Waals surface area (Å²) < 4.78 is 3.17. The van der Waals surface area contributed by atoms with Gasteiger partial charge in [-0.15, -0.1) is 10.2 Å². The van der Waals surface area contributed by atoms with E-state index in [0.29, 0.717) is 0 Å². The Labute approximate surface area is 171 Å². The van der Waals surface area contributed by atoms with Crippen molar-refractivity contribution in [3.05, 3.63) is 102 Å². The third-order valence-corrected chi connectivity index (χ3v) is 5.34. The highest BCUT2D eigenvalue weighted by molar-refractivity contribution is 9.10. The van der Waals surface area contributed by atoms with Gasteiger partial charge < -0.3 is 0 Å². The predicted molar refractivity (Wildman–Crippen MR) is 117 cm³/mol. The standard InChI is InChI=1S/C24H16BrN3/c25-19-15-13-18(14-16-19)23-26-27-24(28(23)20-9-2-1-3-10-20)22-12-6-8-17-7-4-5-11-21(17)22/h1-16H. The lowest BCUT2D eigenvalue weighted by Gasteiger charge is -2.12. The van der Waals surface area contributed by atoms with Crippen molar-refractivity contribution in [3.8, 4) is 28.5 Å². The maximum absolute atomic E-state index is 4.61. The molecule has 1 heterocycles. The number of hydrogen-bond acceptors (Lipinski definition) is 2. The van der Waals surface area contributed by atoms with Gasteiger partial charge in [-0.2, -0.15) is 0 Å². The van der Waals surface area contributed by atoms with Gasteiger partial charge in [-0.25, -0.2) is 0 Å². The Balaban J connectivity index is 1.80. The third-order valence-electron chi connectivity index (χ3n) is 4.81. The van der Waals surface area contributed by atoms with Gasteiger partial charge in [0.25, 0.3) is 0 Å². The molecule has 0 unspecified atom stereocenters. The van der Waals surface area contributed by atoms with Crippen LogP contribution in [0, 0.1) is 0 Å². The van der Waals surface area contributed by atoms with E-state index >= 15 is 0 Å². The first-order chi connectivity index (χ1) is 13.8. The van der Waals surface area contributed by atoms with Gasteiger partial charge in [0, 0.05) is 21.3 Å². The lowest BCUT2D eigenvalue weighted by atomic mass is 10.0. The summed E-state index contributed by atoms with van der Waals surface area (Å²) in [7, 11) is 0. The summed E-state index contributed by atoms with van der Waals surface area (Å²) in [4.78, 5) is 0. The fourth-order valence-corrected chi connectivity index (χ4v) is 3.75. The molecule has 0 bridgehead atoms. The minimum atomic E-state index is 0.821. The molecule has 0 amide bonds. The molecular weight excluding hydrogens is 410 g/mol. The van der Waals surface area contributed by atoms with Gasteiger partial charge in [-0.1, -0.05) is 88.7 Å². The lowest BCUT2D eigenvalue weighted by molar-refractivity contribution is 1.07. The van der Waals surface area contributed by atoms with E-state index in [-0.39, 0.29) is 0 Å². The zero-order valence-corrected chi connectivity index (χ0v) is 16.5. The molecule has 1 aromatic heterocycles. The van der Waals surface area contributed by atoms with Crippen LogP contribution in [-0.2, 0) is 0 Å². The topological polar surface area (TPSA) is 30.7 Å². The van der Waals surface area contributed by atoms with Crippen LogP contribution in [0.25, 0.3) is 39.2 Å². The van der Waals surface area contributed by atoms with E-state index in [0.717, 1.165) is 38.3 Å². The largest absolute Gasteiger partial charge is 0.275 e. The van der Waals surface area contributed by atoms with E-state index < -0.39 is 0 Å². The molecule has 5 aromatic rings. The Morgan fingerprint density at radius 2 is 1.29 bits per heavy atom. The Morgan fingerprint density at radius 1 is 0.607 bits per heavy atom. The van der Waals surface area contributed by atoms with Crippen LogP contribution in [0.4, 0.5) is 0 Å². The number of aromatic nitrogens is 3. The summed E-state index contributed by atoms with van der Waals surface area (Å²) in [5.74, 6) is 1.66. The molecule has 28 heavy (non-hydrogen) atoms. The van der Waals surface area contributed by atoms with Crippen LogP contribution < -0.4 is 0 Å². The van der Waals surface area contributed by atoms with Crippen LogP contribution in [0.2, 0.25) is 0 Å². The zero-order chi connectivity index (χ0) is 18.9. The lowest BCUT2D eigenvalue weighted by Crippen LogP contribution is -2.00. The van der Waals surface area contributed by atoms with Gasteiger partial charge in [0.1, 0.15) is 0 Å². The number of para-hydroxylation sites is 1. The van der Waals surface area contributed by atoms with Crippen molar-refractivity contribution in [2.24, 2.45) is 0 Å². The van der Waals surface area contributed by atoms with Crippen LogP contribution in [0.15, 0.2) is 102 Å². The fourth-order valence-electron chi connectivity index (χ4n) is 3.49. The third kappa shape index (κ3) is 2.92. The molecule has 134 valence electrons. The number of nitrogens with zero attached hydrogens (tertiary/aromatic N) is 3. The average Bonchev–Trinajstić information content (AvgIpc) is 3.19. The normalized spacial score (nSPS) is 11.0. The minimum absolute atomic E-state index is 0.821. The van der Waals surface area contributed by atoms with Crippen molar-refractivity contribution >= 4 is 26.7 Å². The number of benzene rings is 4. The maximum Gasteiger partial charge on any atom is 0.169 e. The summed E-state index contributed by atoms with van der Waals surface area (Å²) in [6.07, 6.45) is 0. The van der Waals surface area contributed by atoms with Crippen LogP contribution in [0.3, 0.4) is 0 Å². The van der Waals surface area contributed by atoms with E-state index in [1.165, 1.54) is 5.39 Å². The van der Waals surface area contributed by atoms with Crippen LogP contribution in [0.5, 0.6) is 0 Å². The zero-order valence-electron chi connectivity index (χ0n) is 15.0. The first-order valence-corrected chi connectivity index (χ1v) is 9.85. The molecule has 4 aromatic carbocycles. The fraction of sp³-hybridized carbons (Fsp3) is 0. The summed E-state index contributed by atoms with van der Waals surface area (Å²) in [5.41, 5.74) is 3.12. The first kappa shape index (κ1) is 16.9. The van der Waals surface area contributed by atoms with E-state index in [2.05, 4.69) is 97.4 Å². The highest BCUT2D eigenvalue weighted by Gasteiger charge is 2.18. The van der Waals surface area contributed by atoms with E-state index in [9.17, 15) is 0 Å². The van der Waals surface area contributed by atoms with Gasteiger partial charge >= 0.3 is 0 Å². The molecule has 5 rings (SSSR count). The molecular formula is C24H16BrN3. The van der Waals surface area contributed by atoms with Crippen molar-refractivity contribution < 1.29 is 0 Å². The van der Waals surface area contributed by atoms with E-state index in [4.69, 9.17) is 0 Å². The van der Waals surface area contributed by atoms with Gasteiger partial charge in [0.2, 0.25) is 0 Å². The van der Waals surface area contributed by atoms with Crippen molar-refractivity contribution in [1.29, 1.82) is 0 Å². The monoisotopic (exact) mass is 425 g/mol. The van der Waals surface area contributed by atoms with Crippen molar-refractivity contribution in [3.63, 3.8) is 0 Å². The molecule has 0 aliphatic heterocycles. The molecule has 0 radical (unpaired) electrons. The smallest absolute Gasteiger partial charge is 0.169 e. The SMILES string of the molecule is Brc1ccc(-c2nnc(-c3cccc4ccccc34)n2-c2ccccc2)cc1. The Hall–Kier alpha value is -3.24. The number of rotatable bonds is 3. The molecule has 0 aliphatic carbocycles. The highest BCUT2D eigenvalue weighted by Crippen LogP contribution is 2.32. The number of hydrogen-bond donors (Lipinski definition) is 0. The van der Waals surface area contributed by atoms with Gasteiger partial charge in [0.15, 0.2) is 11.6 Å². The van der Waals surface area contributed by atoms with Crippen molar-refractivity contribution in [2.75, 3.05) is 0 Å². The molecule has 0 spiro atoms. The van der Waals surface area contributed by atoms with Gasteiger partial charge in [-0.3, -0.25) is 4.57 Å². The highest BCUT2D eigenvalue weighted by atomic mass is 79.9. The average molecular weight is 426 g/mol. The number of fused-ring (bicyclic) bond motifs is 1. The molecule has 0 aliphatic rings. The second-order valence-electron chi connectivity index (χ2n) is 6.55. The van der Waals surface area contributed by atoms with Gasteiger partial charge in [-0.05, 0) is 35.0 Å². The van der Waals surface area contributed by atoms with E-state index in [1.807, 2.05) is 30.3 Å². The van der Waals surface area contributed by atoms with Crippen molar-refractivity contribution in [2.45, 2.75) is 0 Å². The van der Waals surface area contributed by atoms with Crippen molar-refractivity contribution in [1.82, 2.24) is 14.8 Å². The molecule has 0 saturated carbocycles. The Bertz CT molecular complexity index is 1250. The van der Waals surface area contributed by atoms with Crippen LogP contribution in [-0.4, -0.2) is 14.8 Å². The van der Waals surface area contributed by atoms with Crippen LogP contribution in [0.1, 0.15) is 0 Å². The maximum atomic E-state index is 4.61. The number of halogens is 1. The van der Waals surface area contributed by atoms with Crippen LogP contribution >= 0.6 is 15.9 Å². The second-order valence-corrected chi connectivity index (χ2v) is 7.47. The van der Waals surface area contributed by atoms with E-state index in [1.54, 1.807) is 0 Å². The Kier molecular flexibility index (Phi) is 4.26. The summed E-state index contributed by atoms with van der Waals surface area (Å²) in [5, 5.41) is 11.5. The molecule has 0 fully saturated rings. The van der Waals surface area contributed by atoms with Gasteiger partial charge in [0.05, 0.1) is 0 Å². The Morgan fingerprint density at radius 3 is 2.11 bits per heavy atom. The minimum Gasteiger partial charge on any atom is -0.275 e. The molecule has 4 heteroatoms. The second kappa shape index (κ2) is 7.06. The molecule has 0 atom stereocenters. The summed E-state index contributed by atoms with van der Waals surface area (Å²) in [6, 6.07) is 33.1. The predicted octanol–water partition coefficient (Wildman–Crippen LogP) is 6.52. The molecule has 0 N–H and O–H groups in total. The summed E-state index contributed by atoms with van der Waals surface area (Å²) in [6.45, 7) is 0. The first-order valence-electron chi connectivity index (χ1n) is 9.06. The molecule has 0 saturated heterocycles. The quantitative estimate of drug-likeness (QED) is 0.329. The summed E-state index contributed by atoms with van der Waals surface area (Å²) >= 11 is 3.51. The molecule has 3 nitrogen and oxygen atoms in total.